The van der Waals surface area contributed by atoms with Crippen molar-refractivity contribution in [3.05, 3.63) is 38.5 Å². The van der Waals surface area contributed by atoms with Gasteiger partial charge in [0, 0.05) is 23.1 Å². The molecule has 1 rings (SSSR count). The lowest BCUT2D eigenvalue weighted by molar-refractivity contribution is 0.0945. The van der Waals surface area contributed by atoms with Crippen LogP contribution in [0.25, 0.3) is 10.4 Å². The highest BCUT2D eigenvalue weighted by Crippen LogP contribution is 2.12. The zero-order chi connectivity index (χ0) is 13.5. The van der Waals surface area contributed by atoms with Crippen molar-refractivity contribution in [2.24, 2.45) is 16.1 Å². The summed E-state index contributed by atoms with van der Waals surface area (Å²) in [6, 6.07) is 2.49. The molecule has 1 unspecified atom stereocenters. The second kappa shape index (κ2) is 6.45. The van der Waals surface area contributed by atoms with Gasteiger partial charge in [-0.15, -0.1) is 0 Å². The van der Waals surface area contributed by atoms with Crippen LogP contribution in [0.15, 0.2) is 22.5 Å². The summed E-state index contributed by atoms with van der Waals surface area (Å²) in [5.41, 5.74) is 23.1. The first-order valence-electron chi connectivity index (χ1n) is 4.76. The molecule has 0 bridgehead atoms. The van der Waals surface area contributed by atoms with E-state index in [-0.39, 0.29) is 16.9 Å². The van der Waals surface area contributed by atoms with Crippen molar-refractivity contribution in [2.75, 3.05) is 6.54 Å². The van der Waals surface area contributed by atoms with Crippen LogP contribution in [0.2, 0.25) is 0 Å². The Bertz CT molecular complexity index is 560. The Morgan fingerprint density at radius 3 is 3.00 bits per heavy atom. The molecule has 0 saturated carbocycles. The number of amides is 1. The molecule has 1 amide bonds. The third kappa shape index (κ3) is 3.35. The van der Waals surface area contributed by atoms with Gasteiger partial charge in [-0.25, -0.2) is 5.43 Å². The molecule has 18 heavy (non-hydrogen) atoms. The van der Waals surface area contributed by atoms with E-state index >= 15 is 0 Å². The van der Waals surface area contributed by atoms with E-state index in [4.69, 9.17) is 29.0 Å². The summed E-state index contributed by atoms with van der Waals surface area (Å²) >= 11 is 5.04. The Labute approximate surface area is 106 Å². The fraction of sp³-hybridized carbons (Fsp3) is 0.250. The van der Waals surface area contributed by atoms with Gasteiger partial charge in [-0.2, -0.15) is 5.53 Å². The van der Waals surface area contributed by atoms with Gasteiger partial charge in [0.1, 0.15) is 10.3 Å². The summed E-state index contributed by atoms with van der Waals surface area (Å²) in [5, 5.41) is 6.11. The van der Waals surface area contributed by atoms with Crippen molar-refractivity contribution in [2.45, 2.75) is 6.04 Å². The summed E-state index contributed by atoms with van der Waals surface area (Å²) in [7, 11) is 0. The van der Waals surface area contributed by atoms with Crippen LogP contribution in [0.3, 0.4) is 0 Å². The number of pyridine rings is 1. The smallest absolute Gasteiger partial charge is 0.289 e. The number of rotatable bonds is 5. The van der Waals surface area contributed by atoms with Gasteiger partial charge < -0.3 is 10.7 Å². The van der Waals surface area contributed by atoms with E-state index < -0.39 is 11.9 Å². The van der Waals surface area contributed by atoms with Crippen molar-refractivity contribution < 1.29 is 4.79 Å². The number of hydrogen-bond donors (Lipinski definition) is 4. The van der Waals surface area contributed by atoms with Crippen LogP contribution in [-0.2, 0) is 0 Å². The second-order valence-corrected chi connectivity index (χ2v) is 3.64. The molecule has 1 atom stereocenters. The van der Waals surface area contributed by atoms with Crippen LogP contribution in [0.4, 0.5) is 0 Å². The van der Waals surface area contributed by atoms with E-state index in [2.05, 4.69) is 20.2 Å². The van der Waals surface area contributed by atoms with Gasteiger partial charge in [-0.1, -0.05) is 28.6 Å². The number of nitrogens with two attached hydrogens (primary N) is 1. The maximum Gasteiger partial charge on any atom is 0.289 e. The first-order chi connectivity index (χ1) is 8.60. The van der Waals surface area contributed by atoms with Crippen molar-refractivity contribution in [1.82, 2.24) is 10.4 Å². The van der Waals surface area contributed by atoms with Crippen molar-refractivity contribution >= 4 is 18.1 Å². The topological polar surface area (TPSA) is 156 Å². The van der Waals surface area contributed by atoms with Crippen LogP contribution in [0.5, 0.6) is 0 Å². The average Bonchev–Trinajstić information content (AvgIpc) is 2.36. The van der Waals surface area contributed by atoms with E-state index in [1.54, 1.807) is 6.07 Å². The number of carbonyl (C=O) groups is 1. The summed E-state index contributed by atoms with van der Waals surface area (Å²) in [6.45, 7) is 0.0710. The van der Waals surface area contributed by atoms with Gasteiger partial charge >= 0.3 is 0 Å². The molecule has 0 spiro atoms. The molecule has 9 nitrogen and oxygen atoms in total. The molecule has 0 saturated heterocycles. The lowest BCUT2D eigenvalue weighted by Gasteiger charge is -2.09. The predicted molar refractivity (Wildman–Crippen MR) is 65.2 cm³/mol. The number of carbonyl (C=O) groups excluding carboxylic acids is 1. The Balaban J connectivity index is 2.99. The fourth-order valence-electron chi connectivity index (χ4n) is 1.24. The molecule has 0 aromatic carbocycles. The van der Waals surface area contributed by atoms with Gasteiger partial charge in [-0.05, 0) is 11.6 Å². The third-order valence-electron chi connectivity index (χ3n) is 2.08. The minimum absolute atomic E-state index is 0.0710. The van der Waals surface area contributed by atoms with Crippen molar-refractivity contribution in [3.8, 4) is 0 Å². The largest absolute Gasteiger partial charge is 0.342 e. The summed E-state index contributed by atoms with van der Waals surface area (Å²) in [6.07, 6.45) is 0. The number of aromatic amines is 1. The molecule has 0 aliphatic rings. The predicted octanol–water partition coefficient (Wildman–Crippen LogP) is 1.73. The van der Waals surface area contributed by atoms with Gasteiger partial charge in [0.05, 0.1) is 0 Å². The molecule has 0 aliphatic carbocycles. The van der Waals surface area contributed by atoms with E-state index in [0.717, 1.165) is 0 Å². The second-order valence-electron chi connectivity index (χ2n) is 3.23. The molecule has 1 aromatic heterocycles. The van der Waals surface area contributed by atoms with Gasteiger partial charge in [-0.3, -0.25) is 4.79 Å². The quantitative estimate of drug-likeness (QED) is 0.211. The fourth-order valence-corrected chi connectivity index (χ4v) is 1.57. The van der Waals surface area contributed by atoms with E-state index in [0.29, 0.717) is 5.56 Å². The van der Waals surface area contributed by atoms with Gasteiger partial charge in [0.25, 0.3) is 5.91 Å². The lowest BCUT2D eigenvalue weighted by atomic mass is 10.1. The third-order valence-corrected chi connectivity index (χ3v) is 2.42. The first kappa shape index (κ1) is 13.8. The average molecular weight is 266 g/mol. The number of H-pyrrole nitrogens is 1. The Kier molecular flexibility index (Phi) is 4.93. The monoisotopic (exact) mass is 266 g/mol. The molecule has 1 aromatic rings. The van der Waals surface area contributed by atoms with E-state index in [1.165, 1.54) is 6.07 Å². The molecule has 0 aliphatic heterocycles. The van der Waals surface area contributed by atoms with Gasteiger partial charge in [0.2, 0.25) is 0 Å². The van der Waals surface area contributed by atoms with Crippen LogP contribution < -0.4 is 11.2 Å². The molecular formula is C8H10N8OS. The number of azide groups is 1. The minimum Gasteiger partial charge on any atom is -0.342 e. The molecule has 0 fully saturated rings. The molecule has 10 heteroatoms. The van der Waals surface area contributed by atoms with E-state index in [1.807, 2.05) is 5.43 Å². The minimum atomic E-state index is -0.578. The summed E-state index contributed by atoms with van der Waals surface area (Å²) < 4.78 is 0.272. The standard InChI is InChI=1S/C8H10N8OS/c9-5(3-12-15-10)4-1-2-6(13-8(4)18)7(17)14-16-11/h1-2,5H,3,9H2,(H,13,18)(H2,11,14,17). The number of nitrogens with one attached hydrogen (secondary N) is 3. The highest BCUT2D eigenvalue weighted by Gasteiger charge is 2.10. The molecule has 5 N–H and O–H groups in total. The van der Waals surface area contributed by atoms with Crippen LogP contribution in [0, 0.1) is 10.2 Å². The Morgan fingerprint density at radius 2 is 2.44 bits per heavy atom. The zero-order valence-corrected chi connectivity index (χ0v) is 9.94. The van der Waals surface area contributed by atoms with E-state index in [9.17, 15) is 4.79 Å². The highest BCUT2D eigenvalue weighted by molar-refractivity contribution is 7.71. The normalized spacial score (nSPS) is 11.2. The first-order valence-corrected chi connectivity index (χ1v) is 5.17. The van der Waals surface area contributed by atoms with Crippen molar-refractivity contribution in [1.29, 1.82) is 5.53 Å². The molecule has 1 heterocycles. The van der Waals surface area contributed by atoms with Crippen molar-refractivity contribution in [3.63, 3.8) is 0 Å². The maximum absolute atomic E-state index is 11.3. The summed E-state index contributed by atoms with van der Waals surface area (Å²) in [4.78, 5) is 16.6. The molecule has 0 radical (unpaired) electrons. The van der Waals surface area contributed by atoms with Gasteiger partial charge in [0.15, 0.2) is 0 Å². The maximum atomic E-state index is 11.3. The SMILES string of the molecule is [N-]=[N+]=NCC(N)c1ccc(C(=O)NN=N)[nH]c1=S. The van der Waals surface area contributed by atoms with Crippen LogP contribution in [-0.4, -0.2) is 17.4 Å². The van der Waals surface area contributed by atoms with Crippen LogP contribution >= 0.6 is 12.2 Å². The highest BCUT2D eigenvalue weighted by atomic mass is 32.1. The molecular weight excluding hydrogens is 256 g/mol. The summed E-state index contributed by atoms with van der Waals surface area (Å²) in [5.74, 6) is -0.578. The van der Waals surface area contributed by atoms with Crippen LogP contribution in [0.1, 0.15) is 22.1 Å². The Morgan fingerprint density at radius 1 is 1.72 bits per heavy atom. The zero-order valence-electron chi connectivity index (χ0n) is 9.12. The lowest BCUT2D eigenvalue weighted by Crippen LogP contribution is -2.19. The number of aromatic nitrogens is 1. The Hall–Kier alpha value is -2.29. The molecule has 94 valence electrons. The number of nitrogens with zero attached hydrogens (tertiary/aromatic N) is 4. The number of hydrogen-bond acceptors (Lipinski definition) is 6.